The third-order valence-corrected chi connectivity index (χ3v) is 7.46. The normalized spacial score (nSPS) is 18.0. The van der Waals surface area contributed by atoms with Gasteiger partial charge in [-0.3, -0.25) is 4.79 Å². The molecule has 0 N–H and O–H groups in total. The van der Waals surface area contributed by atoms with E-state index in [9.17, 15) is 13.6 Å². The van der Waals surface area contributed by atoms with Gasteiger partial charge in [0.2, 0.25) is 0 Å². The first kappa shape index (κ1) is 25.1. The number of ether oxygens (including phenoxy) is 2. The smallest absolute Gasteiger partial charge is 0.264 e. The fourth-order valence-corrected chi connectivity index (χ4v) is 5.46. The highest BCUT2D eigenvalue weighted by Gasteiger charge is 2.31. The van der Waals surface area contributed by atoms with Gasteiger partial charge in [-0.05, 0) is 31.0 Å². The number of methoxy groups -OCH3 is 1. The Balaban J connectivity index is 1.14. The minimum atomic E-state index is -2.60. The minimum Gasteiger partial charge on any atom is -0.491 e. The molecule has 8 nitrogen and oxygen atoms in total. The monoisotopic (exact) mass is 527 g/mol. The number of benzene rings is 1. The molecule has 1 radical (unpaired) electrons. The number of aromatic nitrogens is 2. The standard InChI is InChI=1S/C26H25F2N4O4S/c1-34-21-7-4-10-29-25(21)35-14-23(33)32-11-8-16(9-12-32)26-30-20(15-37-26)19-13-22(36-31-19)17-5-2-3-6-18(17)24(27)28/h2-4,6-7,10,15-16,22,24H,8-9,11-14H2,1H3. The third kappa shape index (κ3) is 5.56. The van der Waals surface area contributed by atoms with Gasteiger partial charge in [-0.2, -0.15) is 0 Å². The van der Waals surface area contributed by atoms with Crippen molar-refractivity contribution < 1.29 is 27.9 Å². The molecule has 2 aliphatic heterocycles. The number of hydrogen-bond donors (Lipinski definition) is 0. The van der Waals surface area contributed by atoms with Crippen LogP contribution in [0.1, 0.15) is 59.5 Å². The van der Waals surface area contributed by atoms with E-state index in [1.807, 2.05) is 5.38 Å². The second-order valence-corrected chi connectivity index (χ2v) is 9.59. The van der Waals surface area contributed by atoms with Crippen molar-refractivity contribution >= 4 is 23.0 Å². The van der Waals surface area contributed by atoms with Gasteiger partial charge >= 0.3 is 0 Å². The number of pyridine rings is 1. The van der Waals surface area contributed by atoms with Crippen molar-refractivity contribution in [1.82, 2.24) is 14.9 Å². The van der Waals surface area contributed by atoms with Crippen molar-refractivity contribution in [3.05, 3.63) is 69.8 Å². The van der Waals surface area contributed by atoms with Gasteiger partial charge in [0.05, 0.1) is 17.8 Å². The topological polar surface area (TPSA) is 86.1 Å². The van der Waals surface area contributed by atoms with Gasteiger partial charge in [0.15, 0.2) is 18.5 Å². The first-order valence-corrected chi connectivity index (χ1v) is 12.8. The quantitative estimate of drug-likeness (QED) is 0.413. The number of alkyl halides is 2. The largest absolute Gasteiger partial charge is 0.491 e. The van der Waals surface area contributed by atoms with Crippen LogP contribution in [0.25, 0.3) is 0 Å². The minimum absolute atomic E-state index is 0.0891. The summed E-state index contributed by atoms with van der Waals surface area (Å²) < 4.78 is 37.5. The first-order valence-electron chi connectivity index (χ1n) is 11.9. The lowest BCUT2D eigenvalue weighted by Crippen LogP contribution is -2.40. The van der Waals surface area contributed by atoms with E-state index in [0.29, 0.717) is 48.1 Å². The van der Waals surface area contributed by atoms with E-state index in [-0.39, 0.29) is 24.0 Å². The Morgan fingerprint density at radius 1 is 1.30 bits per heavy atom. The molecule has 1 aromatic carbocycles. The lowest BCUT2D eigenvalue weighted by molar-refractivity contribution is -0.134. The van der Waals surface area contributed by atoms with Crippen molar-refractivity contribution in [2.45, 2.75) is 37.7 Å². The number of likely N-dealkylation sites (tertiary alicyclic amines) is 1. The molecular weight excluding hydrogens is 502 g/mol. The Morgan fingerprint density at radius 2 is 2.14 bits per heavy atom. The summed E-state index contributed by atoms with van der Waals surface area (Å²) in [6, 6.07) is 10.9. The van der Waals surface area contributed by atoms with E-state index in [1.54, 1.807) is 40.6 Å². The number of amides is 1. The molecule has 37 heavy (non-hydrogen) atoms. The average molecular weight is 528 g/mol. The summed E-state index contributed by atoms with van der Waals surface area (Å²) in [4.78, 5) is 28.8. The van der Waals surface area contributed by atoms with Gasteiger partial charge in [0, 0.05) is 48.1 Å². The summed E-state index contributed by atoms with van der Waals surface area (Å²) in [5.74, 6) is 0.898. The van der Waals surface area contributed by atoms with E-state index >= 15 is 0 Å². The van der Waals surface area contributed by atoms with Crippen molar-refractivity contribution in [2.75, 3.05) is 26.8 Å². The number of nitrogens with zero attached hydrogens (tertiary/aromatic N) is 4. The van der Waals surface area contributed by atoms with Gasteiger partial charge in [-0.25, -0.2) is 18.7 Å². The van der Waals surface area contributed by atoms with Gasteiger partial charge in [-0.1, -0.05) is 23.4 Å². The molecule has 0 bridgehead atoms. The maximum Gasteiger partial charge on any atom is 0.264 e. The van der Waals surface area contributed by atoms with Crippen LogP contribution < -0.4 is 9.47 Å². The molecular formula is C26H25F2N4O4S. The van der Waals surface area contributed by atoms with Gasteiger partial charge < -0.3 is 19.2 Å². The highest BCUT2D eigenvalue weighted by molar-refractivity contribution is 7.10. The zero-order valence-corrected chi connectivity index (χ0v) is 20.9. The molecule has 0 aliphatic carbocycles. The van der Waals surface area contributed by atoms with Crippen LogP contribution >= 0.6 is 11.3 Å². The van der Waals surface area contributed by atoms with Crippen LogP contribution in [0.2, 0.25) is 0 Å². The molecule has 3 aromatic rings. The fourth-order valence-electron chi connectivity index (χ4n) is 4.46. The SMILES string of the molecule is COc1cccnc1OCC(=O)N1CCC(c2nc(C3=NOC(c4[c]cccc4C(F)F)C3)cs2)CC1. The van der Waals surface area contributed by atoms with Crippen LogP contribution in [0.4, 0.5) is 8.78 Å². The zero-order chi connectivity index (χ0) is 25.8. The van der Waals surface area contributed by atoms with Gasteiger partial charge in [0.25, 0.3) is 18.2 Å². The van der Waals surface area contributed by atoms with Crippen LogP contribution in [-0.4, -0.2) is 53.3 Å². The molecule has 0 spiro atoms. The molecule has 2 aliphatic rings. The molecule has 1 saturated heterocycles. The van der Waals surface area contributed by atoms with Crippen molar-refractivity contribution in [1.29, 1.82) is 0 Å². The lowest BCUT2D eigenvalue weighted by Gasteiger charge is -2.31. The Kier molecular flexibility index (Phi) is 7.59. The number of piperidine rings is 1. The molecule has 1 unspecified atom stereocenters. The number of carbonyl (C=O) groups excluding carboxylic acids is 1. The van der Waals surface area contributed by atoms with Crippen LogP contribution in [0.15, 0.2) is 47.1 Å². The van der Waals surface area contributed by atoms with Crippen molar-refractivity contribution in [2.24, 2.45) is 5.16 Å². The number of oxime groups is 1. The zero-order valence-electron chi connectivity index (χ0n) is 20.1. The van der Waals surface area contributed by atoms with Crippen LogP contribution in [0.5, 0.6) is 11.6 Å². The fraction of sp³-hybridized carbons (Fsp3) is 0.385. The molecule has 11 heteroatoms. The summed E-state index contributed by atoms with van der Waals surface area (Å²) in [6.07, 6.45) is 0.306. The maximum atomic E-state index is 13.4. The summed E-state index contributed by atoms with van der Waals surface area (Å²) in [5, 5.41) is 7.03. The van der Waals surface area contributed by atoms with E-state index in [0.717, 1.165) is 17.8 Å². The first-order chi connectivity index (χ1) is 18.0. The van der Waals surface area contributed by atoms with E-state index in [2.05, 4.69) is 16.2 Å². The number of halogens is 2. The van der Waals surface area contributed by atoms with E-state index in [1.165, 1.54) is 19.2 Å². The second kappa shape index (κ2) is 11.2. The van der Waals surface area contributed by atoms with Gasteiger partial charge in [-0.15, -0.1) is 11.3 Å². The molecule has 1 amide bonds. The van der Waals surface area contributed by atoms with E-state index in [4.69, 9.17) is 19.3 Å². The van der Waals surface area contributed by atoms with Crippen molar-refractivity contribution in [3.63, 3.8) is 0 Å². The maximum absolute atomic E-state index is 13.4. The number of carbonyl (C=O) groups is 1. The molecule has 0 saturated carbocycles. The van der Waals surface area contributed by atoms with Crippen molar-refractivity contribution in [3.8, 4) is 11.6 Å². The predicted octanol–water partition coefficient (Wildman–Crippen LogP) is 4.94. The lowest BCUT2D eigenvalue weighted by atomic mass is 9.97. The Labute approximate surface area is 216 Å². The summed E-state index contributed by atoms with van der Waals surface area (Å²) in [5.41, 5.74) is 1.58. The Bertz CT molecular complexity index is 1280. The number of thiazole rings is 1. The summed E-state index contributed by atoms with van der Waals surface area (Å²) in [6.45, 7) is 1.10. The molecule has 2 aromatic heterocycles. The van der Waals surface area contributed by atoms with Crippen LogP contribution in [0, 0.1) is 6.07 Å². The van der Waals surface area contributed by atoms with Crippen LogP contribution in [-0.2, 0) is 9.63 Å². The summed E-state index contributed by atoms with van der Waals surface area (Å²) >= 11 is 1.54. The number of rotatable bonds is 8. The highest BCUT2D eigenvalue weighted by atomic mass is 32.1. The molecule has 1 atom stereocenters. The molecule has 1 fully saturated rings. The highest BCUT2D eigenvalue weighted by Crippen LogP contribution is 2.36. The van der Waals surface area contributed by atoms with Crippen LogP contribution in [0.3, 0.4) is 0 Å². The second-order valence-electron chi connectivity index (χ2n) is 8.70. The third-order valence-electron chi connectivity index (χ3n) is 6.45. The predicted molar refractivity (Wildman–Crippen MR) is 132 cm³/mol. The molecule has 193 valence electrons. The van der Waals surface area contributed by atoms with Gasteiger partial charge in [0.1, 0.15) is 5.71 Å². The average Bonchev–Trinajstić information content (AvgIpc) is 3.62. The summed E-state index contributed by atoms with van der Waals surface area (Å²) in [7, 11) is 1.52. The Hall–Kier alpha value is -3.60. The Morgan fingerprint density at radius 3 is 2.92 bits per heavy atom. The number of hydrogen-bond acceptors (Lipinski definition) is 8. The van der Waals surface area contributed by atoms with E-state index < -0.39 is 12.5 Å². The molecule has 5 rings (SSSR count). The molecule has 4 heterocycles.